The number of anilines is 1. The number of para-hydroxylation sites is 1. The fraction of sp³-hybridized carbons (Fsp3) is 0.333. The smallest absolute Gasteiger partial charge is 0.138 e. The van der Waals surface area contributed by atoms with E-state index in [9.17, 15) is 0 Å². The first-order valence-corrected chi connectivity index (χ1v) is 12.9. The van der Waals surface area contributed by atoms with Gasteiger partial charge in [0.1, 0.15) is 17.0 Å². The molecule has 6 rings (SSSR count). The summed E-state index contributed by atoms with van der Waals surface area (Å²) in [4.78, 5) is 18.4. The van der Waals surface area contributed by atoms with Crippen molar-refractivity contribution in [3.05, 3.63) is 83.8 Å². The standard InChI is InChI=1S/C30H34N6/c1-21-7-5-10-27-31-24(20-36(21)27)19-34-15-17-35(18-16-34)26-9-6-8-25-28(26)33-29(32-25)22-11-13-23(14-12-22)30(2,3)4/h5-14,20H,15-19H2,1-4H3,(H,32,33). The van der Waals surface area contributed by atoms with Gasteiger partial charge in [-0.15, -0.1) is 0 Å². The van der Waals surface area contributed by atoms with Crippen molar-refractivity contribution in [1.82, 2.24) is 24.3 Å². The highest BCUT2D eigenvalue weighted by molar-refractivity contribution is 5.91. The normalized spacial score (nSPS) is 15.3. The number of benzene rings is 2. The summed E-state index contributed by atoms with van der Waals surface area (Å²) in [6.07, 6.45) is 2.18. The molecular formula is C30H34N6. The summed E-state index contributed by atoms with van der Waals surface area (Å²) in [6.45, 7) is 13.7. The molecule has 0 spiro atoms. The van der Waals surface area contributed by atoms with Crippen LogP contribution in [0.1, 0.15) is 37.7 Å². The van der Waals surface area contributed by atoms with Gasteiger partial charge in [-0.3, -0.25) is 4.90 Å². The Bertz CT molecular complexity index is 1510. The van der Waals surface area contributed by atoms with Gasteiger partial charge in [0, 0.05) is 50.2 Å². The van der Waals surface area contributed by atoms with E-state index in [2.05, 4.69) is 114 Å². The quantitative estimate of drug-likeness (QED) is 0.354. The topological polar surface area (TPSA) is 52.5 Å². The lowest BCUT2D eigenvalue weighted by Gasteiger charge is -2.35. The number of piperazine rings is 1. The molecule has 1 N–H and O–H groups in total. The Balaban J connectivity index is 1.18. The predicted octanol–water partition coefficient (Wildman–Crippen LogP) is 5.81. The second-order valence-corrected chi connectivity index (χ2v) is 11.0. The van der Waals surface area contributed by atoms with Crippen molar-refractivity contribution < 1.29 is 0 Å². The molecule has 1 saturated heterocycles. The number of aromatic nitrogens is 4. The van der Waals surface area contributed by atoms with Crippen LogP contribution in [0.4, 0.5) is 5.69 Å². The van der Waals surface area contributed by atoms with Gasteiger partial charge in [-0.25, -0.2) is 9.97 Å². The number of rotatable bonds is 4. The maximum atomic E-state index is 5.05. The highest BCUT2D eigenvalue weighted by Crippen LogP contribution is 2.30. The number of fused-ring (bicyclic) bond motifs is 2. The Morgan fingerprint density at radius 3 is 2.33 bits per heavy atom. The molecule has 36 heavy (non-hydrogen) atoms. The third kappa shape index (κ3) is 4.26. The molecule has 1 aliphatic heterocycles. The molecular weight excluding hydrogens is 444 g/mol. The van der Waals surface area contributed by atoms with Crippen LogP contribution in [-0.2, 0) is 12.0 Å². The van der Waals surface area contributed by atoms with E-state index in [0.29, 0.717) is 0 Å². The lowest BCUT2D eigenvalue weighted by molar-refractivity contribution is 0.247. The van der Waals surface area contributed by atoms with Crippen LogP contribution in [0.15, 0.2) is 66.9 Å². The van der Waals surface area contributed by atoms with Gasteiger partial charge in [0.15, 0.2) is 0 Å². The van der Waals surface area contributed by atoms with Crippen molar-refractivity contribution in [2.24, 2.45) is 0 Å². The molecule has 4 heterocycles. The summed E-state index contributed by atoms with van der Waals surface area (Å²) in [5, 5.41) is 0. The van der Waals surface area contributed by atoms with Gasteiger partial charge >= 0.3 is 0 Å². The van der Waals surface area contributed by atoms with Gasteiger partial charge in [-0.05, 0) is 42.2 Å². The van der Waals surface area contributed by atoms with Gasteiger partial charge in [-0.2, -0.15) is 0 Å². The number of hydrogen-bond acceptors (Lipinski definition) is 4. The lowest BCUT2D eigenvalue weighted by atomic mass is 9.87. The van der Waals surface area contributed by atoms with E-state index in [4.69, 9.17) is 9.97 Å². The Kier molecular flexibility index (Phi) is 5.56. The van der Waals surface area contributed by atoms with E-state index >= 15 is 0 Å². The molecule has 0 radical (unpaired) electrons. The van der Waals surface area contributed by atoms with E-state index in [0.717, 1.165) is 66.5 Å². The van der Waals surface area contributed by atoms with Crippen LogP contribution in [0.25, 0.3) is 28.1 Å². The van der Waals surface area contributed by atoms with Gasteiger partial charge < -0.3 is 14.3 Å². The van der Waals surface area contributed by atoms with Gasteiger partial charge in [0.2, 0.25) is 0 Å². The van der Waals surface area contributed by atoms with Crippen LogP contribution >= 0.6 is 0 Å². The SMILES string of the molecule is Cc1cccc2nc(CN3CCN(c4cccc5[nH]c(-c6ccc(C(C)(C)C)cc6)nc45)CC3)cn12. The molecule has 5 aromatic rings. The van der Waals surface area contributed by atoms with E-state index < -0.39 is 0 Å². The minimum absolute atomic E-state index is 0.145. The fourth-order valence-corrected chi connectivity index (χ4v) is 5.19. The summed E-state index contributed by atoms with van der Waals surface area (Å²) >= 11 is 0. The Labute approximate surface area is 212 Å². The minimum atomic E-state index is 0.145. The number of nitrogens with zero attached hydrogens (tertiary/aromatic N) is 5. The van der Waals surface area contributed by atoms with Gasteiger partial charge in [0.25, 0.3) is 0 Å². The average Bonchev–Trinajstić information content (AvgIpc) is 3.49. The van der Waals surface area contributed by atoms with Crippen molar-refractivity contribution in [1.29, 1.82) is 0 Å². The Morgan fingerprint density at radius 2 is 1.61 bits per heavy atom. The third-order valence-corrected chi connectivity index (χ3v) is 7.36. The third-order valence-electron chi connectivity index (χ3n) is 7.36. The predicted molar refractivity (Wildman–Crippen MR) is 148 cm³/mol. The van der Waals surface area contributed by atoms with E-state index in [-0.39, 0.29) is 5.41 Å². The number of nitrogens with one attached hydrogen (secondary N) is 1. The zero-order chi connectivity index (χ0) is 24.9. The first kappa shape index (κ1) is 22.8. The van der Waals surface area contributed by atoms with Crippen LogP contribution in [-0.4, -0.2) is 50.4 Å². The molecule has 0 amide bonds. The van der Waals surface area contributed by atoms with Crippen molar-refractivity contribution in [2.75, 3.05) is 31.1 Å². The van der Waals surface area contributed by atoms with Crippen LogP contribution in [0, 0.1) is 6.92 Å². The molecule has 184 valence electrons. The molecule has 3 aromatic heterocycles. The van der Waals surface area contributed by atoms with Crippen LogP contribution in [0.3, 0.4) is 0 Å². The molecule has 0 atom stereocenters. The van der Waals surface area contributed by atoms with Crippen molar-refractivity contribution >= 4 is 22.4 Å². The highest BCUT2D eigenvalue weighted by Gasteiger charge is 2.21. The Morgan fingerprint density at radius 1 is 0.861 bits per heavy atom. The second kappa shape index (κ2) is 8.79. The van der Waals surface area contributed by atoms with Crippen LogP contribution < -0.4 is 4.90 Å². The van der Waals surface area contributed by atoms with E-state index in [1.165, 1.54) is 16.9 Å². The van der Waals surface area contributed by atoms with Crippen molar-refractivity contribution in [3.63, 3.8) is 0 Å². The maximum Gasteiger partial charge on any atom is 0.138 e. The number of aryl methyl sites for hydroxylation is 1. The summed E-state index contributed by atoms with van der Waals surface area (Å²) in [7, 11) is 0. The zero-order valence-corrected chi connectivity index (χ0v) is 21.6. The first-order valence-electron chi connectivity index (χ1n) is 12.9. The fourth-order valence-electron chi connectivity index (χ4n) is 5.19. The average molecular weight is 479 g/mol. The summed E-state index contributed by atoms with van der Waals surface area (Å²) in [5.74, 6) is 0.929. The molecule has 0 bridgehead atoms. The highest BCUT2D eigenvalue weighted by atomic mass is 15.3. The van der Waals surface area contributed by atoms with Crippen molar-refractivity contribution in [2.45, 2.75) is 39.7 Å². The molecule has 1 aliphatic rings. The Hall–Kier alpha value is -3.64. The number of aromatic amines is 1. The first-order chi connectivity index (χ1) is 17.3. The van der Waals surface area contributed by atoms with E-state index in [1.807, 2.05) is 0 Å². The molecule has 6 heteroatoms. The minimum Gasteiger partial charge on any atom is -0.367 e. The summed E-state index contributed by atoms with van der Waals surface area (Å²) < 4.78 is 2.18. The van der Waals surface area contributed by atoms with Crippen LogP contribution in [0.5, 0.6) is 0 Å². The summed E-state index contributed by atoms with van der Waals surface area (Å²) in [5.41, 5.74) is 9.33. The van der Waals surface area contributed by atoms with Crippen molar-refractivity contribution in [3.8, 4) is 11.4 Å². The largest absolute Gasteiger partial charge is 0.367 e. The van der Waals surface area contributed by atoms with Crippen LogP contribution in [0.2, 0.25) is 0 Å². The maximum absolute atomic E-state index is 5.05. The number of pyridine rings is 1. The molecule has 0 unspecified atom stereocenters. The zero-order valence-electron chi connectivity index (χ0n) is 21.6. The molecule has 0 saturated carbocycles. The summed E-state index contributed by atoms with van der Waals surface area (Å²) in [6, 6.07) is 21.5. The molecule has 1 fully saturated rings. The number of imidazole rings is 2. The van der Waals surface area contributed by atoms with E-state index in [1.54, 1.807) is 0 Å². The molecule has 0 aliphatic carbocycles. The lowest BCUT2D eigenvalue weighted by Crippen LogP contribution is -2.46. The molecule has 2 aromatic carbocycles. The van der Waals surface area contributed by atoms with Gasteiger partial charge in [0.05, 0.1) is 16.9 Å². The number of hydrogen-bond donors (Lipinski definition) is 1. The van der Waals surface area contributed by atoms with Gasteiger partial charge in [-0.1, -0.05) is 57.2 Å². The molecule has 6 nitrogen and oxygen atoms in total. The number of H-pyrrole nitrogens is 1. The monoisotopic (exact) mass is 478 g/mol. The second-order valence-electron chi connectivity index (χ2n) is 11.0.